The van der Waals surface area contributed by atoms with E-state index in [1.807, 2.05) is 32.2 Å². The maximum absolute atomic E-state index is 13.5. The van der Waals surface area contributed by atoms with E-state index in [2.05, 4.69) is 35.6 Å². The molecule has 3 atom stereocenters. The second-order valence-electron chi connectivity index (χ2n) is 9.64. The van der Waals surface area contributed by atoms with Crippen molar-refractivity contribution in [2.24, 2.45) is 5.92 Å². The molecule has 0 aliphatic carbocycles. The summed E-state index contributed by atoms with van der Waals surface area (Å²) in [5, 5.41) is 9.85. The zero-order valence-corrected chi connectivity index (χ0v) is 21.5. The van der Waals surface area contributed by atoms with Gasteiger partial charge in [-0.05, 0) is 44.2 Å². The number of fused-ring (bicyclic) bond motifs is 2. The molecule has 0 radical (unpaired) electrons. The molecule has 192 valence electrons. The number of hydrogen-bond donors (Lipinski definition) is 1. The predicted octanol–water partition coefficient (Wildman–Crippen LogP) is 3.31. The Balaban J connectivity index is 1.57. The quantitative estimate of drug-likeness (QED) is 0.593. The monoisotopic (exact) mass is 493 g/mol. The number of carbonyl (C=O) groups is 1. The average Bonchev–Trinajstić information content (AvgIpc) is 3.34. The van der Waals surface area contributed by atoms with Crippen LogP contribution in [0.3, 0.4) is 0 Å². The first-order chi connectivity index (χ1) is 17.4. The van der Waals surface area contributed by atoms with Crippen molar-refractivity contribution >= 4 is 5.91 Å². The van der Waals surface area contributed by atoms with Gasteiger partial charge in [0.05, 0.1) is 12.6 Å². The van der Waals surface area contributed by atoms with Crippen LogP contribution in [0.25, 0.3) is 0 Å². The van der Waals surface area contributed by atoms with Crippen LogP contribution in [0.2, 0.25) is 0 Å². The molecule has 1 amide bonds. The van der Waals surface area contributed by atoms with Crippen LogP contribution in [0.15, 0.2) is 30.5 Å². The van der Waals surface area contributed by atoms with Gasteiger partial charge in [0.2, 0.25) is 12.7 Å². The summed E-state index contributed by atoms with van der Waals surface area (Å²) >= 11 is 0. The van der Waals surface area contributed by atoms with Crippen LogP contribution >= 0.6 is 0 Å². The molecule has 1 N–H and O–H groups in total. The lowest BCUT2D eigenvalue weighted by Crippen LogP contribution is -2.49. The summed E-state index contributed by atoms with van der Waals surface area (Å²) in [7, 11) is 2.04. The van der Waals surface area contributed by atoms with Crippen LogP contribution in [-0.2, 0) is 6.54 Å². The smallest absolute Gasteiger partial charge is 0.259 e. The molecule has 0 unspecified atom stereocenters. The van der Waals surface area contributed by atoms with Gasteiger partial charge < -0.3 is 24.2 Å². The topological polar surface area (TPSA) is 84.4 Å². The largest absolute Gasteiger partial charge is 0.472 e. The molecular formula is C28H35N3O5. The van der Waals surface area contributed by atoms with E-state index in [4.69, 9.17) is 14.2 Å². The Morgan fingerprint density at radius 3 is 2.86 bits per heavy atom. The van der Waals surface area contributed by atoms with Crippen LogP contribution in [0.1, 0.15) is 55.1 Å². The number of nitrogens with zero attached hydrogens (tertiary/aromatic N) is 3. The second kappa shape index (κ2) is 11.6. The van der Waals surface area contributed by atoms with Gasteiger partial charge in [0.15, 0.2) is 11.5 Å². The summed E-state index contributed by atoms with van der Waals surface area (Å²) in [6, 6.07) is 7.40. The van der Waals surface area contributed by atoms with Crippen molar-refractivity contribution in [2.45, 2.75) is 52.3 Å². The zero-order valence-electron chi connectivity index (χ0n) is 21.5. The number of unbranched alkanes of at least 4 members (excludes halogenated alkanes) is 1. The highest BCUT2D eigenvalue weighted by Gasteiger charge is 2.34. The first kappa shape index (κ1) is 25.8. The Bertz CT molecular complexity index is 1140. The number of hydrogen-bond acceptors (Lipinski definition) is 7. The number of benzene rings is 1. The molecule has 3 heterocycles. The van der Waals surface area contributed by atoms with E-state index in [1.54, 1.807) is 17.2 Å². The number of rotatable bonds is 7. The van der Waals surface area contributed by atoms with Gasteiger partial charge in [-0.3, -0.25) is 9.69 Å². The molecule has 36 heavy (non-hydrogen) atoms. The summed E-state index contributed by atoms with van der Waals surface area (Å²) in [5.41, 5.74) is 2.18. The van der Waals surface area contributed by atoms with Gasteiger partial charge in [0.1, 0.15) is 11.7 Å². The minimum Gasteiger partial charge on any atom is -0.472 e. The molecule has 4 rings (SSSR count). The Morgan fingerprint density at radius 2 is 2.08 bits per heavy atom. The first-order valence-electron chi connectivity index (χ1n) is 12.5. The highest BCUT2D eigenvalue weighted by atomic mass is 16.7. The lowest BCUT2D eigenvalue weighted by Gasteiger charge is -2.37. The standard InChI is InChI=1S/C28H35N3O5/c1-5-6-7-8-21-11-23-27(29-13-21)36-26(19(2)14-31(28(23)33)20(3)17-32)16-30(4)15-22-9-10-24-25(12-22)35-18-34-24/h9-13,19-20,26,32H,5-6,14-18H2,1-4H3/t19-,20+,26-/m0/s1. The number of carbonyl (C=O) groups excluding carboxylic acids is 1. The number of aromatic nitrogens is 1. The van der Waals surface area contributed by atoms with Crippen molar-refractivity contribution in [3.63, 3.8) is 0 Å². The number of likely N-dealkylation sites (N-methyl/N-ethyl adjacent to an activating group) is 1. The molecule has 0 spiro atoms. The normalized spacial score (nSPS) is 19.6. The summed E-state index contributed by atoms with van der Waals surface area (Å²) < 4.78 is 17.3. The predicted molar refractivity (Wildman–Crippen MR) is 136 cm³/mol. The number of amides is 1. The lowest BCUT2D eigenvalue weighted by atomic mass is 9.99. The molecule has 1 aromatic carbocycles. The Kier molecular flexibility index (Phi) is 8.34. The third-order valence-corrected chi connectivity index (χ3v) is 6.51. The third kappa shape index (κ3) is 5.92. The zero-order chi connectivity index (χ0) is 25.7. The highest BCUT2D eigenvalue weighted by molar-refractivity contribution is 5.97. The lowest BCUT2D eigenvalue weighted by molar-refractivity contribution is 0.0325. The Morgan fingerprint density at radius 1 is 1.28 bits per heavy atom. The van der Waals surface area contributed by atoms with Crippen LogP contribution in [0.4, 0.5) is 0 Å². The van der Waals surface area contributed by atoms with Gasteiger partial charge in [0, 0.05) is 43.7 Å². The molecule has 0 bridgehead atoms. The van der Waals surface area contributed by atoms with E-state index in [0.717, 1.165) is 29.9 Å². The van der Waals surface area contributed by atoms with Crippen molar-refractivity contribution in [1.82, 2.24) is 14.8 Å². The summed E-state index contributed by atoms with van der Waals surface area (Å²) in [4.78, 5) is 21.9. The van der Waals surface area contributed by atoms with Gasteiger partial charge in [-0.15, -0.1) is 0 Å². The fourth-order valence-electron chi connectivity index (χ4n) is 4.40. The van der Waals surface area contributed by atoms with Crippen molar-refractivity contribution in [1.29, 1.82) is 0 Å². The van der Waals surface area contributed by atoms with E-state index in [9.17, 15) is 9.90 Å². The Labute approximate surface area is 213 Å². The Hall–Kier alpha value is -3.28. The van der Waals surface area contributed by atoms with E-state index < -0.39 is 0 Å². The fraction of sp³-hybridized carbons (Fsp3) is 0.500. The van der Waals surface area contributed by atoms with Crippen molar-refractivity contribution in [2.75, 3.05) is 33.5 Å². The summed E-state index contributed by atoms with van der Waals surface area (Å²) in [5.74, 6) is 7.86. The SMILES string of the molecule is CCCC#Cc1cnc2c(c1)C(=O)N([C@H](C)CO)C[C@H](C)[C@H](CN(C)Cc1ccc3c(c1)OCO3)O2. The highest BCUT2D eigenvalue weighted by Crippen LogP contribution is 2.33. The average molecular weight is 494 g/mol. The van der Waals surface area contributed by atoms with Crippen LogP contribution in [0.5, 0.6) is 17.4 Å². The van der Waals surface area contributed by atoms with Gasteiger partial charge in [-0.1, -0.05) is 31.8 Å². The second-order valence-corrected chi connectivity index (χ2v) is 9.64. The number of aliphatic hydroxyl groups is 1. The van der Waals surface area contributed by atoms with E-state index in [-0.39, 0.29) is 37.4 Å². The van der Waals surface area contributed by atoms with Crippen molar-refractivity contribution < 1.29 is 24.1 Å². The molecule has 0 saturated carbocycles. The van der Waals surface area contributed by atoms with E-state index in [1.165, 1.54) is 0 Å². The van der Waals surface area contributed by atoms with Crippen LogP contribution < -0.4 is 14.2 Å². The number of pyridine rings is 1. The molecule has 2 aromatic rings. The minimum absolute atomic E-state index is 0.0149. The molecule has 2 aliphatic heterocycles. The molecule has 8 nitrogen and oxygen atoms in total. The van der Waals surface area contributed by atoms with Crippen molar-refractivity contribution in [3.8, 4) is 29.2 Å². The summed E-state index contributed by atoms with van der Waals surface area (Å²) in [6.45, 7) is 7.92. The van der Waals surface area contributed by atoms with Gasteiger partial charge in [-0.2, -0.15) is 0 Å². The van der Waals surface area contributed by atoms with Crippen LogP contribution in [0, 0.1) is 17.8 Å². The maximum atomic E-state index is 13.5. The maximum Gasteiger partial charge on any atom is 0.259 e. The molecule has 0 fully saturated rings. The van der Waals surface area contributed by atoms with Gasteiger partial charge in [0.25, 0.3) is 5.91 Å². The minimum atomic E-state index is -0.326. The van der Waals surface area contributed by atoms with Gasteiger partial charge >= 0.3 is 0 Å². The number of ether oxygens (including phenoxy) is 3. The summed E-state index contributed by atoms with van der Waals surface area (Å²) in [6.07, 6.45) is 3.20. The molecular weight excluding hydrogens is 458 g/mol. The van der Waals surface area contributed by atoms with Crippen molar-refractivity contribution in [3.05, 3.63) is 47.2 Å². The first-order valence-corrected chi connectivity index (χ1v) is 12.5. The van der Waals surface area contributed by atoms with Gasteiger partial charge in [-0.25, -0.2) is 4.98 Å². The molecule has 8 heteroatoms. The molecule has 0 saturated heterocycles. The molecule has 1 aromatic heterocycles. The third-order valence-electron chi connectivity index (χ3n) is 6.51. The van der Waals surface area contributed by atoms with E-state index >= 15 is 0 Å². The molecule has 2 aliphatic rings. The van der Waals surface area contributed by atoms with Crippen LogP contribution in [-0.4, -0.2) is 71.5 Å². The number of aliphatic hydroxyl groups excluding tert-OH is 1. The fourth-order valence-corrected chi connectivity index (χ4v) is 4.40. The van der Waals surface area contributed by atoms with E-state index in [0.29, 0.717) is 36.6 Å².